The van der Waals surface area contributed by atoms with Crippen LogP contribution in [0.15, 0.2) is 0 Å². The molecular formula is C12H26N2OS. The maximum absolute atomic E-state index is 12.0. The van der Waals surface area contributed by atoms with Crippen LogP contribution in [0.4, 0.5) is 0 Å². The summed E-state index contributed by atoms with van der Waals surface area (Å²) in [5, 5.41) is 3.60. The smallest absolute Gasteiger partial charge is 0.227 e. The van der Waals surface area contributed by atoms with Gasteiger partial charge in [0.25, 0.3) is 0 Å². The van der Waals surface area contributed by atoms with Gasteiger partial charge in [0.05, 0.1) is 5.41 Å². The second-order valence-electron chi connectivity index (χ2n) is 4.28. The molecule has 1 unspecified atom stereocenters. The van der Waals surface area contributed by atoms with Crippen molar-refractivity contribution in [3.05, 3.63) is 0 Å². The predicted octanol–water partition coefficient (Wildman–Crippen LogP) is 2.01. The molecule has 0 aliphatic heterocycles. The Kier molecular flexibility index (Phi) is 7.85. The number of amides is 1. The van der Waals surface area contributed by atoms with E-state index in [0.717, 1.165) is 25.8 Å². The molecule has 96 valence electrons. The lowest BCUT2D eigenvalue weighted by atomic mass is 9.81. The minimum Gasteiger partial charge on any atom is -0.356 e. The number of hydrogen-bond donors (Lipinski definition) is 2. The first-order valence-electron chi connectivity index (χ1n) is 6.07. The molecule has 0 aliphatic carbocycles. The summed E-state index contributed by atoms with van der Waals surface area (Å²) in [7, 11) is 0. The minimum absolute atomic E-state index is 0.119. The quantitative estimate of drug-likeness (QED) is 0.689. The van der Waals surface area contributed by atoms with Gasteiger partial charge in [0.1, 0.15) is 0 Å². The van der Waals surface area contributed by atoms with Gasteiger partial charge in [-0.05, 0) is 25.5 Å². The predicted molar refractivity (Wildman–Crippen MR) is 72.7 cm³/mol. The summed E-state index contributed by atoms with van der Waals surface area (Å²) in [5.74, 6) is 0.119. The number of nitrogens with two attached hydrogens (primary N) is 1. The molecule has 16 heavy (non-hydrogen) atoms. The number of nitrogens with one attached hydrogen (secondary N) is 1. The van der Waals surface area contributed by atoms with E-state index in [1.807, 2.05) is 25.6 Å². The number of rotatable bonds is 8. The van der Waals surface area contributed by atoms with Crippen molar-refractivity contribution < 1.29 is 4.79 Å². The molecule has 3 nitrogen and oxygen atoms in total. The first-order chi connectivity index (χ1) is 7.56. The molecule has 0 saturated carbocycles. The zero-order valence-corrected chi connectivity index (χ0v) is 11.8. The van der Waals surface area contributed by atoms with E-state index in [-0.39, 0.29) is 11.3 Å². The highest BCUT2D eigenvalue weighted by Gasteiger charge is 2.32. The van der Waals surface area contributed by atoms with Crippen molar-refractivity contribution in [1.29, 1.82) is 0 Å². The van der Waals surface area contributed by atoms with Gasteiger partial charge < -0.3 is 11.1 Å². The monoisotopic (exact) mass is 246 g/mol. The van der Waals surface area contributed by atoms with Crippen LogP contribution in [0, 0.1) is 5.41 Å². The number of hydrogen-bond acceptors (Lipinski definition) is 3. The first-order valence-corrected chi connectivity index (χ1v) is 7.36. The average Bonchev–Trinajstić information content (AvgIpc) is 2.31. The molecule has 0 aliphatic rings. The van der Waals surface area contributed by atoms with Crippen molar-refractivity contribution in [2.24, 2.45) is 11.1 Å². The normalized spacial score (nSPS) is 13.6. The second-order valence-corrected chi connectivity index (χ2v) is 5.56. The van der Waals surface area contributed by atoms with Crippen molar-refractivity contribution in [2.45, 2.75) is 45.3 Å². The Labute approximate surface area is 104 Å². The highest BCUT2D eigenvalue weighted by Crippen LogP contribution is 2.24. The van der Waals surface area contributed by atoms with E-state index in [0.29, 0.717) is 11.8 Å². The SMILES string of the molecule is CCC(CC)(CN)C(=O)NCCC(C)SC. The van der Waals surface area contributed by atoms with Crippen molar-refractivity contribution in [2.75, 3.05) is 19.3 Å². The number of carbonyl (C=O) groups excluding carboxylic acids is 1. The second kappa shape index (κ2) is 7.96. The zero-order chi connectivity index (χ0) is 12.6. The maximum Gasteiger partial charge on any atom is 0.227 e. The van der Waals surface area contributed by atoms with Crippen LogP contribution < -0.4 is 11.1 Å². The highest BCUT2D eigenvalue weighted by molar-refractivity contribution is 7.99. The molecule has 4 heteroatoms. The molecule has 1 amide bonds. The van der Waals surface area contributed by atoms with Crippen LogP contribution in [0.5, 0.6) is 0 Å². The molecule has 0 saturated heterocycles. The van der Waals surface area contributed by atoms with E-state index >= 15 is 0 Å². The topological polar surface area (TPSA) is 55.1 Å². The standard InChI is InChI=1S/C12H26N2OS/c1-5-12(6-2,9-13)11(15)14-8-7-10(3)16-4/h10H,5-9,13H2,1-4H3,(H,14,15). The molecular weight excluding hydrogens is 220 g/mol. The Morgan fingerprint density at radius 2 is 2.00 bits per heavy atom. The third kappa shape index (κ3) is 4.34. The fraction of sp³-hybridized carbons (Fsp3) is 0.917. The number of carbonyl (C=O) groups is 1. The summed E-state index contributed by atoms with van der Waals surface area (Å²) in [4.78, 5) is 12.0. The molecule has 0 heterocycles. The minimum atomic E-state index is -0.359. The molecule has 0 aromatic rings. The summed E-state index contributed by atoms with van der Waals surface area (Å²) < 4.78 is 0. The van der Waals surface area contributed by atoms with Crippen LogP contribution >= 0.6 is 11.8 Å². The van der Waals surface area contributed by atoms with Gasteiger partial charge in [-0.15, -0.1) is 0 Å². The van der Waals surface area contributed by atoms with Crippen LogP contribution in [0.25, 0.3) is 0 Å². The Morgan fingerprint density at radius 3 is 2.38 bits per heavy atom. The summed E-state index contributed by atoms with van der Waals surface area (Å²) in [6.45, 7) is 7.42. The molecule has 0 fully saturated rings. The van der Waals surface area contributed by atoms with E-state index in [2.05, 4.69) is 18.5 Å². The summed E-state index contributed by atoms with van der Waals surface area (Å²) in [6.07, 6.45) is 4.73. The maximum atomic E-state index is 12.0. The Bertz CT molecular complexity index is 197. The van der Waals surface area contributed by atoms with Crippen molar-refractivity contribution in [3.63, 3.8) is 0 Å². The van der Waals surface area contributed by atoms with Crippen molar-refractivity contribution in [3.8, 4) is 0 Å². The average molecular weight is 246 g/mol. The lowest BCUT2D eigenvalue weighted by Crippen LogP contribution is -2.45. The molecule has 0 aromatic heterocycles. The zero-order valence-electron chi connectivity index (χ0n) is 11.0. The van der Waals surface area contributed by atoms with Gasteiger partial charge in [-0.1, -0.05) is 20.8 Å². The van der Waals surface area contributed by atoms with Gasteiger partial charge in [-0.3, -0.25) is 4.79 Å². The molecule has 0 radical (unpaired) electrons. The van der Waals surface area contributed by atoms with Crippen LogP contribution in [0.1, 0.15) is 40.0 Å². The van der Waals surface area contributed by atoms with E-state index < -0.39 is 0 Å². The van der Waals surface area contributed by atoms with Gasteiger partial charge in [0, 0.05) is 18.3 Å². The van der Waals surface area contributed by atoms with E-state index in [1.54, 1.807) is 0 Å². The fourth-order valence-corrected chi connectivity index (χ4v) is 2.00. The first kappa shape index (κ1) is 15.8. The van der Waals surface area contributed by atoms with Gasteiger partial charge in [-0.25, -0.2) is 0 Å². The van der Waals surface area contributed by atoms with Crippen LogP contribution in [-0.2, 0) is 4.79 Å². The third-order valence-corrected chi connectivity index (χ3v) is 4.51. The fourth-order valence-electron chi connectivity index (χ4n) is 1.65. The summed E-state index contributed by atoms with van der Waals surface area (Å²) in [5.41, 5.74) is 5.36. The van der Waals surface area contributed by atoms with Gasteiger partial charge in [-0.2, -0.15) is 11.8 Å². The van der Waals surface area contributed by atoms with Gasteiger partial charge in [0.2, 0.25) is 5.91 Å². The van der Waals surface area contributed by atoms with E-state index in [9.17, 15) is 4.79 Å². The van der Waals surface area contributed by atoms with Gasteiger partial charge in [0.15, 0.2) is 0 Å². The van der Waals surface area contributed by atoms with Crippen LogP contribution in [-0.4, -0.2) is 30.5 Å². The molecule has 1 atom stereocenters. The molecule has 0 rings (SSSR count). The third-order valence-electron chi connectivity index (χ3n) is 3.46. The van der Waals surface area contributed by atoms with E-state index in [4.69, 9.17) is 5.73 Å². The van der Waals surface area contributed by atoms with E-state index in [1.165, 1.54) is 0 Å². The molecule has 0 aromatic carbocycles. The summed E-state index contributed by atoms with van der Waals surface area (Å²) in [6, 6.07) is 0. The van der Waals surface area contributed by atoms with Crippen LogP contribution in [0.2, 0.25) is 0 Å². The lowest BCUT2D eigenvalue weighted by Gasteiger charge is -2.28. The summed E-state index contributed by atoms with van der Waals surface area (Å²) >= 11 is 1.83. The Balaban J connectivity index is 4.12. The Hall–Kier alpha value is -0.220. The van der Waals surface area contributed by atoms with Crippen molar-refractivity contribution >= 4 is 17.7 Å². The molecule has 0 bridgehead atoms. The molecule has 0 spiro atoms. The largest absolute Gasteiger partial charge is 0.356 e. The number of thioether (sulfide) groups is 1. The van der Waals surface area contributed by atoms with Gasteiger partial charge >= 0.3 is 0 Å². The lowest BCUT2D eigenvalue weighted by molar-refractivity contribution is -0.131. The molecule has 3 N–H and O–H groups in total. The van der Waals surface area contributed by atoms with Crippen molar-refractivity contribution in [1.82, 2.24) is 5.32 Å². The van der Waals surface area contributed by atoms with Crippen LogP contribution in [0.3, 0.4) is 0 Å². The Morgan fingerprint density at radius 1 is 1.44 bits per heavy atom. The highest BCUT2D eigenvalue weighted by atomic mass is 32.2.